The molecule has 2 amide bonds. The van der Waals surface area contributed by atoms with Crippen molar-refractivity contribution in [1.82, 2.24) is 15.5 Å². The lowest BCUT2D eigenvalue weighted by Gasteiger charge is -2.17. The van der Waals surface area contributed by atoms with E-state index in [9.17, 15) is 14.0 Å². The summed E-state index contributed by atoms with van der Waals surface area (Å²) in [6, 6.07) is 13.1. The molecule has 12 heteroatoms. The zero-order valence-electron chi connectivity index (χ0n) is 23.4. The molecule has 1 unspecified atom stereocenters. The lowest BCUT2D eigenvalue weighted by Crippen LogP contribution is -2.21. The molecule has 43 heavy (non-hydrogen) atoms. The number of aliphatic imine (C=N–C) groups is 2. The van der Waals surface area contributed by atoms with E-state index in [1.165, 1.54) is 48.8 Å². The summed E-state index contributed by atoms with van der Waals surface area (Å²) in [4.78, 5) is 31.6. The minimum atomic E-state index is -0.729. The molecule has 4 rings (SSSR count). The molecule has 0 aliphatic rings. The molecule has 0 saturated carbocycles. The number of fused-ring (bicyclic) bond motifs is 1. The normalized spacial score (nSPS) is 12.1. The molecule has 222 valence electrons. The molecule has 0 aliphatic heterocycles. The molecule has 0 radical (unpaired) electrons. The van der Waals surface area contributed by atoms with Crippen LogP contribution in [0.5, 0.6) is 11.5 Å². The third-order valence-electron chi connectivity index (χ3n) is 6.01. The van der Waals surface area contributed by atoms with Gasteiger partial charge in [0.2, 0.25) is 12.3 Å². The Labute approximate surface area is 246 Å². The molecule has 0 spiro atoms. The number of aliphatic hydroxyl groups excluding tert-OH is 1. The van der Waals surface area contributed by atoms with Crippen LogP contribution < -0.4 is 15.4 Å². The number of carbonyl (C=O) groups excluding carboxylic acids is 2. The summed E-state index contributed by atoms with van der Waals surface area (Å²) in [5.74, 6) is -2.08. The number of carbonyl (C=O) groups is 2. The molecule has 0 fully saturated rings. The molecular weight excluding hydrogens is 558 g/mol. The van der Waals surface area contributed by atoms with E-state index in [2.05, 4.69) is 37.5 Å². The largest absolute Gasteiger partial charge is 0.454 e. The average molecular weight is 589 g/mol. The van der Waals surface area contributed by atoms with Crippen LogP contribution in [0.1, 0.15) is 23.5 Å². The number of hydrogen-bond donors (Lipinski definition) is 4. The first-order chi connectivity index (χ1) is 20.9. The number of halogens is 2. The number of anilines is 1. The third kappa shape index (κ3) is 8.50. The van der Waals surface area contributed by atoms with E-state index in [1.54, 1.807) is 37.7 Å². The predicted octanol–water partition coefficient (Wildman–Crippen LogP) is 5.36. The second-order valence-corrected chi connectivity index (χ2v) is 8.72. The number of aromatic amines is 1. The second-order valence-electron chi connectivity index (χ2n) is 8.72. The number of ether oxygens (including phenoxy) is 1. The molecule has 4 N–H and O–H groups in total. The molecule has 0 aliphatic carbocycles. The fourth-order valence-corrected chi connectivity index (χ4v) is 4.10. The van der Waals surface area contributed by atoms with Crippen molar-refractivity contribution in [3.8, 4) is 11.5 Å². The number of allylic oxidation sites excluding steroid dienone is 2. The van der Waals surface area contributed by atoms with Crippen LogP contribution in [-0.4, -0.2) is 54.7 Å². The maximum atomic E-state index is 15.3. The minimum Gasteiger partial charge on any atom is -0.454 e. The average Bonchev–Trinajstić information content (AvgIpc) is 3.47. The first-order valence-corrected chi connectivity index (χ1v) is 12.8. The number of amides is 2. The Kier molecular flexibility index (Phi) is 12.0. The third-order valence-corrected chi connectivity index (χ3v) is 6.01. The van der Waals surface area contributed by atoms with Crippen LogP contribution in [0, 0.1) is 11.6 Å². The monoisotopic (exact) mass is 588 g/mol. The molecule has 10 nitrogen and oxygen atoms in total. The van der Waals surface area contributed by atoms with E-state index in [0.717, 1.165) is 24.1 Å². The number of nitrogens with one attached hydrogen (secondary N) is 3. The van der Waals surface area contributed by atoms with Gasteiger partial charge < -0.3 is 20.5 Å². The van der Waals surface area contributed by atoms with Crippen molar-refractivity contribution in [2.45, 2.75) is 12.3 Å². The van der Waals surface area contributed by atoms with Gasteiger partial charge in [-0.2, -0.15) is 5.10 Å². The van der Waals surface area contributed by atoms with Crippen LogP contribution in [0.25, 0.3) is 16.5 Å². The van der Waals surface area contributed by atoms with Crippen LogP contribution in [0.15, 0.2) is 89.3 Å². The standard InChI is InChI=1S/C30H26F2N6O3.CH4O/c1-33-15-21(16-34-2)25-14-27-20(17-36-38-27)12-29(25)41-28-10-9-23(13-26(28)32)37-30(40)24(4-3-11-35-18-39)19-5-7-22(31)8-6-19;1-2/h3,5-18,24H,1,4H2,2H3,(H,35,39)(H,36,38)(H,37,40);2H,1H3/b11-3-,21-15+,34-16?;. The van der Waals surface area contributed by atoms with E-state index in [1.807, 2.05) is 0 Å². The number of hydrogen-bond acceptors (Lipinski definition) is 7. The van der Waals surface area contributed by atoms with Crippen LogP contribution in [-0.2, 0) is 9.59 Å². The highest BCUT2D eigenvalue weighted by Gasteiger charge is 2.21. The number of H-pyrrole nitrogens is 1. The maximum Gasteiger partial charge on any atom is 0.232 e. The Morgan fingerprint density at radius 3 is 2.58 bits per heavy atom. The highest BCUT2D eigenvalue weighted by atomic mass is 19.1. The van der Waals surface area contributed by atoms with Crippen molar-refractivity contribution < 1.29 is 28.2 Å². The summed E-state index contributed by atoms with van der Waals surface area (Å²) < 4.78 is 34.7. The Morgan fingerprint density at radius 2 is 1.91 bits per heavy atom. The predicted molar refractivity (Wildman–Crippen MR) is 163 cm³/mol. The molecular formula is C31H30F2N6O4. The minimum absolute atomic E-state index is 0.0793. The molecule has 3 aromatic carbocycles. The summed E-state index contributed by atoms with van der Waals surface area (Å²) in [5.41, 5.74) is 2.65. The Balaban J connectivity index is 0.00000248. The fourth-order valence-electron chi connectivity index (χ4n) is 4.10. The van der Waals surface area contributed by atoms with Crippen molar-refractivity contribution in [2.75, 3.05) is 19.5 Å². The smallest absolute Gasteiger partial charge is 0.232 e. The topological polar surface area (TPSA) is 141 Å². The van der Waals surface area contributed by atoms with Crippen molar-refractivity contribution in [2.24, 2.45) is 9.98 Å². The Bertz CT molecular complexity index is 1650. The van der Waals surface area contributed by atoms with Gasteiger partial charge in [-0.25, -0.2) is 8.78 Å². The number of benzene rings is 3. The maximum absolute atomic E-state index is 15.3. The van der Waals surface area contributed by atoms with Gasteiger partial charge in [-0.3, -0.25) is 24.7 Å². The van der Waals surface area contributed by atoms with E-state index < -0.39 is 23.5 Å². The fraction of sp³-hybridized carbons (Fsp3) is 0.129. The van der Waals surface area contributed by atoms with Crippen LogP contribution in [0.2, 0.25) is 0 Å². The summed E-state index contributed by atoms with van der Waals surface area (Å²) in [6.07, 6.45) is 8.40. The summed E-state index contributed by atoms with van der Waals surface area (Å²) in [7, 11) is 2.61. The van der Waals surface area contributed by atoms with E-state index in [0.29, 0.717) is 28.9 Å². The molecule has 1 atom stereocenters. The highest BCUT2D eigenvalue weighted by Crippen LogP contribution is 2.35. The van der Waals surface area contributed by atoms with Crippen LogP contribution >= 0.6 is 0 Å². The van der Waals surface area contributed by atoms with Crippen LogP contribution in [0.4, 0.5) is 14.5 Å². The number of aromatic nitrogens is 2. The van der Waals surface area contributed by atoms with Crippen molar-refractivity contribution in [3.63, 3.8) is 0 Å². The van der Waals surface area contributed by atoms with Crippen molar-refractivity contribution in [3.05, 3.63) is 102 Å². The number of rotatable bonds is 12. The van der Waals surface area contributed by atoms with Crippen molar-refractivity contribution in [1.29, 1.82) is 0 Å². The quantitative estimate of drug-likeness (QED) is 0.130. The van der Waals surface area contributed by atoms with Gasteiger partial charge in [0.05, 0.1) is 17.6 Å². The molecule has 0 saturated heterocycles. The van der Waals surface area contributed by atoms with Gasteiger partial charge in [0.25, 0.3) is 0 Å². The summed E-state index contributed by atoms with van der Waals surface area (Å²) in [5, 5.41) is 19.8. The van der Waals surface area contributed by atoms with Gasteiger partial charge in [0.15, 0.2) is 11.6 Å². The zero-order valence-corrected chi connectivity index (χ0v) is 23.4. The molecule has 1 heterocycles. The number of nitrogens with zero attached hydrogens (tertiary/aromatic N) is 3. The zero-order chi connectivity index (χ0) is 31.2. The second kappa shape index (κ2) is 16.1. The van der Waals surface area contributed by atoms with E-state index in [-0.39, 0.29) is 17.9 Å². The van der Waals surface area contributed by atoms with Crippen LogP contribution in [0.3, 0.4) is 0 Å². The van der Waals surface area contributed by atoms with E-state index in [4.69, 9.17) is 9.84 Å². The first-order valence-electron chi connectivity index (χ1n) is 12.8. The summed E-state index contributed by atoms with van der Waals surface area (Å²) >= 11 is 0. The molecule has 4 aromatic rings. The lowest BCUT2D eigenvalue weighted by atomic mass is 9.94. The SMILES string of the molecule is C=N/C=C(\C=NC)c1cc2[nH]ncc2cc1Oc1ccc(NC(=O)C(C/C=C\NC=O)c2ccc(F)cc2)cc1F.CO. The first kappa shape index (κ1) is 32.0. The summed E-state index contributed by atoms with van der Waals surface area (Å²) in [6.45, 7) is 3.50. The molecule has 1 aromatic heterocycles. The van der Waals surface area contributed by atoms with Gasteiger partial charge in [-0.05, 0) is 61.3 Å². The highest BCUT2D eigenvalue weighted by molar-refractivity contribution is 6.12. The Hall–Kier alpha value is -5.49. The van der Waals surface area contributed by atoms with Gasteiger partial charge in [-0.1, -0.05) is 18.2 Å². The van der Waals surface area contributed by atoms with Gasteiger partial charge in [0, 0.05) is 54.8 Å². The van der Waals surface area contributed by atoms with Crippen molar-refractivity contribution >= 4 is 47.4 Å². The lowest BCUT2D eigenvalue weighted by molar-refractivity contribution is -0.117. The number of aliphatic hydroxyl groups is 1. The molecule has 0 bridgehead atoms. The van der Waals surface area contributed by atoms with Gasteiger partial charge >= 0.3 is 0 Å². The Morgan fingerprint density at radius 1 is 1.14 bits per heavy atom. The van der Waals surface area contributed by atoms with E-state index >= 15 is 4.39 Å². The van der Waals surface area contributed by atoms with Gasteiger partial charge in [-0.15, -0.1) is 0 Å². The van der Waals surface area contributed by atoms with Gasteiger partial charge in [0.1, 0.15) is 11.6 Å².